The summed E-state index contributed by atoms with van der Waals surface area (Å²) in [6.07, 6.45) is 15.1. The summed E-state index contributed by atoms with van der Waals surface area (Å²) in [5.41, 5.74) is 2.53. The molecule has 2 aliphatic rings. The number of hydrogen-bond acceptors (Lipinski definition) is 3. The van der Waals surface area contributed by atoms with Crippen molar-refractivity contribution in [1.29, 1.82) is 0 Å². The van der Waals surface area contributed by atoms with Crippen LogP contribution in [-0.4, -0.2) is 26.4 Å². The highest BCUT2D eigenvalue weighted by Gasteiger charge is 2.29. The van der Waals surface area contributed by atoms with Crippen molar-refractivity contribution < 1.29 is 23.0 Å². The summed E-state index contributed by atoms with van der Waals surface area (Å²) in [7, 11) is 0. The highest BCUT2D eigenvalue weighted by molar-refractivity contribution is 5.42. The molecule has 1 fully saturated rings. The van der Waals surface area contributed by atoms with Gasteiger partial charge in [0, 0.05) is 19.6 Å². The van der Waals surface area contributed by atoms with Crippen molar-refractivity contribution in [2.45, 2.75) is 110 Å². The van der Waals surface area contributed by atoms with Crippen molar-refractivity contribution >= 4 is 0 Å². The van der Waals surface area contributed by atoms with Crippen LogP contribution in [0.5, 0.6) is 11.5 Å². The quantitative estimate of drug-likeness (QED) is 0.161. The molecule has 0 saturated heterocycles. The molecule has 4 rings (SSSR count). The van der Waals surface area contributed by atoms with Crippen LogP contribution in [0.1, 0.15) is 114 Å². The zero-order valence-electron chi connectivity index (χ0n) is 24.8. The first-order valence-corrected chi connectivity index (χ1v) is 16.0. The van der Waals surface area contributed by atoms with Crippen LogP contribution in [0.2, 0.25) is 0 Å². The smallest absolute Gasteiger partial charge is 0.200 e. The van der Waals surface area contributed by atoms with Gasteiger partial charge in [0.2, 0.25) is 5.82 Å². The third-order valence-electron chi connectivity index (χ3n) is 8.81. The fourth-order valence-corrected chi connectivity index (χ4v) is 6.15. The van der Waals surface area contributed by atoms with Gasteiger partial charge in [-0.3, -0.25) is 0 Å². The van der Waals surface area contributed by atoms with Crippen LogP contribution in [0.4, 0.5) is 8.78 Å². The lowest BCUT2D eigenvalue weighted by molar-refractivity contribution is 0.116. The van der Waals surface area contributed by atoms with Crippen molar-refractivity contribution in [3.63, 3.8) is 0 Å². The van der Waals surface area contributed by atoms with E-state index in [-0.39, 0.29) is 11.7 Å². The third kappa shape index (κ3) is 9.19. The van der Waals surface area contributed by atoms with Crippen molar-refractivity contribution in [2.24, 2.45) is 11.8 Å². The van der Waals surface area contributed by atoms with Crippen molar-refractivity contribution in [3.05, 3.63) is 58.7 Å². The lowest BCUT2D eigenvalue weighted by atomic mass is 9.80. The van der Waals surface area contributed by atoms with Crippen LogP contribution in [0.3, 0.4) is 0 Å². The molecule has 2 aliphatic carbocycles. The van der Waals surface area contributed by atoms with Crippen molar-refractivity contribution in [2.75, 3.05) is 26.4 Å². The van der Waals surface area contributed by atoms with Crippen LogP contribution in [0.15, 0.2) is 30.3 Å². The third-order valence-corrected chi connectivity index (χ3v) is 8.81. The van der Waals surface area contributed by atoms with Gasteiger partial charge in [-0.2, -0.15) is 4.39 Å². The second-order valence-corrected chi connectivity index (χ2v) is 11.9. The van der Waals surface area contributed by atoms with E-state index in [2.05, 4.69) is 26.0 Å². The fraction of sp³-hybridized carbons (Fsp3) is 0.657. The van der Waals surface area contributed by atoms with Gasteiger partial charge >= 0.3 is 0 Å². The molecule has 0 amide bonds. The van der Waals surface area contributed by atoms with E-state index in [0.717, 1.165) is 80.5 Å². The number of benzene rings is 2. The molecule has 2 unspecified atom stereocenters. The summed E-state index contributed by atoms with van der Waals surface area (Å²) in [6, 6.07) is 9.83. The molecule has 5 heteroatoms. The topological polar surface area (TPSA) is 27.7 Å². The molecular formula is C35H50F2O3. The summed E-state index contributed by atoms with van der Waals surface area (Å²) in [4.78, 5) is 0. The molecule has 40 heavy (non-hydrogen) atoms. The molecule has 1 saturated carbocycles. The maximum absolute atomic E-state index is 15.1. The number of unbranched alkanes of at least 4 members (excludes halogenated alkanes) is 4. The number of hydrogen-bond donors (Lipinski definition) is 0. The highest BCUT2D eigenvalue weighted by Crippen LogP contribution is 2.41. The van der Waals surface area contributed by atoms with Crippen LogP contribution in [-0.2, 0) is 17.6 Å². The van der Waals surface area contributed by atoms with E-state index >= 15 is 4.39 Å². The Hall–Kier alpha value is -2.14. The van der Waals surface area contributed by atoms with E-state index < -0.39 is 11.6 Å². The Morgan fingerprint density at radius 3 is 2.30 bits per heavy atom. The van der Waals surface area contributed by atoms with Crippen LogP contribution in [0, 0.1) is 23.5 Å². The van der Waals surface area contributed by atoms with E-state index in [4.69, 9.17) is 14.2 Å². The van der Waals surface area contributed by atoms with Gasteiger partial charge < -0.3 is 14.2 Å². The summed E-state index contributed by atoms with van der Waals surface area (Å²) in [5, 5.41) is 0. The van der Waals surface area contributed by atoms with E-state index in [9.17, 15) is 4.39 Å². The van der Waals surface area contributed by atoms with E-state index in [0.29, 0.717) is 25.2 Å². The van der Waals surface area contributed by atoms with Crippen LogP contribution >= 0.6 is 0 Å². The second-order valence-electron chi connectivity index (χ2n) is 11.9. The minimum atomic E-state index is -0.836. The Morgan fingerprint density at radius 1 is 0.800 bits per heavy atom. The lowest BCUT2D eigenvalue weighted by Gasteiger charge is -2.26. The SMILES string of the molecule is CCCCCOCCCOc1ccc(C2CCc3cc(OCCCCCC(CC)C4CC4)c(F)c(F)c3C2)cc1. The first-order chi connectivity index (χ1) is 19.6. The highest BCUT2D eigenvalue weighted by atomic mass is 19.2. The number of halogens is 2. The molecule has 0 N–H and O–H groups in total. The van der Waals surface area contributed by atoms with Gasteiger partial charge in [-0.25, -0.2) is 4.39 Å². The molecule has 0 aromatic heterocycles. The predicted octanol–water partition coefficient (Wildman–Crippen LogP) is 9.59. The van der Waals surface area contributed by atoms with Crippen molar-refractivity contribution in [3.8, 4) is 11.5 Å². The second kappa shape index (κ2) is 16.3. The lowest BCUT2D eigenvalue weighted by Crippen LogP contribution is -2.16. The molecule has 0 radical (unpaired) electrons. The average Bonchev–Trinajstić information content (AvgIpc) is 3.82. The van der Waals surface area contributed by atoms with Gasteiger partial charge in [0.25, 0.3) is 0 Å². The maximum atomic E-state index is 15.1. The molecule has 222 valence electrons. The zero-order valence-corrected chi connectivity index (χ0v) is 24.8. The standard InChI is InChI=1S/C35H50F2O3/c1-3-5-8-20-38-21-10-23-39-31-18-16-28(17-19-31)29-14-15-30-25-33(35(37)34(36)32(30)24-29)40-22-9-6-7-11-26(4-2)27-12-13-27/h16-19,25-27,29H,3-15,20-24H2,1-2H3. The van der Waals surface area contributed by atoms with E-state index in [1.807, 2.05) is 12.1 Å². The van der Waals surface area contributed by atoms with Gasteiger partial charge in [-0.05, 0) is 97.6 Å². The Morgan fingerprint density at radius 2 is 1.55 bits per heavy atom. The largest absolute Gasteiger partial charge is 0.494 e. The fourth-order valence-electron chi connectivity index (χ4n) is 6.15. The number of rotatable bonds is 19. The minimum absolute atomic E-state index is 0.0759. The van der Waals surface area contributed by atoms with E-state index in [1.165, 1.54) is 44.9 Å². The van der Waals surface area contributed by atoms with Crippen LogP contribution < -0.4 is 9.47 Å². The normalized spacial score (nSPS) is 17.4. The molecule has 0 spiro atoms. The first-order valence-electron chi connectivity index (χ1n) is 16.0. The summed E-state index contributed by atoms with van der Waals surface area (Å²) < 4.78 is 47.3. The molecule has 2 aromatic carbocycles. The van der Waals surface area contributed by atoms with Gasteiger partial charge in [-0.1, -0.05) is 64.5 Å². The molecule has 2 atom stereocenters. The minimum Gasteiger partial charge on any atom is -0.494 e. The first kappa shape index (κ1) is 30.8. The number of ether oxygens (including phenoxy) is 3. The molecule has 2 aromatic rings. The monoisotopic (exact) mass is 556 g/mol. The summed E-state index contributed by atoms with van der Waals surface area (Å²) in [5.74, 6) is 1.34. The van der Waals surface area contributed by atoms with E-state index in [1.54, 1.807) is 6.07 Å². The predicted molar refractivity (Wildman–Crippen MR) is 158 cm³/mol. The maximum Gasteiger partial charge on any atom is 0.200 e. The van der Waals surface area contributed by atoms with Crippen molar-refractivity contribution in [1.82, 2.24) is 0 Å². The zero-order chi connectivity index (χ0) is 28.2. The van der Waals surface area contributed by atoms with Crippen LogP contribution in [0.25, 0.3) is 0 Å². The molecule has 3 nitrogen and oxygen atoms in total. The van der Waals surface area contributed by atoms with Gasteiger partial charge in [0.1, 0.15) is 5.75 Å². The molecule has 0 aliphatic heterocycles. The number of aryl methyl sites for hydroxylation is 1. The van der Waals surface area contributed by atoms with Gasteiger partial charge in [0.05, 0.1) is 13.2 Å². The number of fused-ring (bicyclic) bond motifs is 1. The molecule has 0 bridgehead atoms. The Bertz CT molecular complexity index is 1020. The summed E-state index contributed by atoms with van der Waals surface area (Å²) in [6.45, 7) is 7.10. The molecular weight excluding hydrogens is 506 g/mol. The van der Waals surface area contributed by atoms with Gasteiger partial charge in [-0.15, -0.1) is 0 Å². The molecule has 0 heterocycles. The average molecular weight is 557 g/mol. The summed E-state index contributed by atoms with van der Waals surface area (Å²) >= 11 is 0. The Kier molecular flexibility index (Phi) is 12.6. The van der Waals surface area contributed by atoms with Gasteiger partial charge in [0.15, 0.2) is 11.6 Å². The Labute approximate surface area is 241 Å². The Balaban J connectivity index is 1.20.